The number of likely N-dealkylation sites (tertiary alicyclic amines) is 1. The van der Waals surface area contributed by atoms with E-state index in [9.17, 15) is 19.5 Å². The molecule has 5 atom stereocenters. The van der Waals surface area contributed by atoms with E-state index in [0.717, 1.165) is 5.56 Å². The Bertz CT molecular complexity index is 1120. The van der Waals surface area contributed by atoms with Crippen molar-refractivity contribution in [3.63, 3.8) is 0 Å². The van der Waals surface area contributed by atoms with Crippen molar-refractivity contribution in [2.24, 2.45) is 11.8 Å². The molecule has 4 aliphatic heterocycles. The van der Waals surface area contributed by atoms with Crippen molar-refractivity contribution in [2.45, 2.75) is 63.4 Å². The topological polar surface area (TPSA) is 90.4 Å². The van der Waals surface area contributed by atoms with Gasteiger partial charge >= 0.3 is 0 Å². The maximum Gasteiger partial charge on any atom is 0.249 e. The highest BCUT2D eigenvalue weighted by atomic mass is 16.5. The van der Waals surface area contributed by atoms with Crippen LogP contribution in [0.1, 0.15) is 39.2 Å². The Balaban J connectivity index is 1.57. The van der Waals surface area contributed by atoms with Gasteiger partial charge in [0, 0.05) is 38.8 Å². The average molecular weight is 508 g/mol. The van der Waals surface area contributed by atoms with Crippen molar-refractivity contribution in [2.75, 3.05) is 26.2 Å². The van der Waals surface area contributed by atoms with Gasteiger partial charge in [0.05, 0.1) is 17.4 Å². The molecule has 2 fully saturated rings. The quantitative estimate of drug-likeness (QED) is 0.451. The molecular weight excluding hydrogens is 470 g/mol. The first kappa shape index (κ1) is 25.7. The molecule has 5 rings (SSSR count). The molecular formula is C29H37N3O5. The molecule has 0 aliphatic carbocycles. The van der Waals surface area contributed by atoms with E-state index >= 15 is 0 Å². The molecule has 1 N–H and O–H groups in total. The lowest BCUT2D eigenvalue weighted by Crippen LogP contribution is -2.57. The van der Waals surface area contributed by atoms with Crippen LogP contribution in [0.15, 0.2) is 54.6 Å². The third-order valence-electron chi connectivity index (χ3n) is 8.32. The first-order chi connectivity index (χ1) is 17.7. The summed E-state index contributed by atoms with van der Waals surface area (Å²) in [5.41, 5.74) is -1.23. The van der Waals surface area contributed by atoms with Crippen molar-refractivity contribution in [3.05, 3.63) is 60.2 Å². The van der Waals surface area contributed by atoms with Crippen LogP contribution < -0.4 is 0 Å². The Hall–Kier alpha value is -2.97. The molecule has 2 saturated heterocycles. The number of aliphatic hydroxyl groups is 1. The molecule has 1 unspecified atom stereocenters. The molecule has 37 heavy (non-hydrogen) atoms. The number of hydrogen-bond donors (Lipinski definition) is 1. The van der Waals surface area contributed by atoms with Gasteiger partial charge < -0.3 is 24.5 Å². The largest absolute Gasteiger partial charge is 0.396 e. The number of hydrogen-bond acceptors (Lipinski definition) is 5. The number of amides is 3. The molecule has 0 bridgehead atoms. The molecule has 1 aromatic rings. The Kier molecular flexibility index (Phi) is 6.75. The molecule has 0 aromatic heterocycles. The van der Waals surface area contributed by atoms with Gasteiger partial charge in [-0.05, 0) is 39.2 Å². The fraction of sp³-hybridized carbons (Fsp3) is 0.552. The van der Waals surface area contributed by atoms with Gasteiger partial charge in [0.15, 0.2) is 0 Å². The number of carbonyl (C=O) groups is 3. The molecule has 3 amide bonds. The number of aliphatic hydroxyl groups excluding tert-OH is 1. The maximum atomic E-state index is 14.2. The number of fused-ring (bicyclic) bond motifs is 2. The number of unbranched alkanes of at least 4 members (excludes halogenated alkanes) is 1. The number of rotatable bonds is 7. The van der Waals surface area contributed by atoms with Gasteiger partial charge in [-0.25, -0.2) is 0 Å². The Morgan fingerprint density at radius 1 is 0.973 bits per heavy atom. The molecule has 8 heteroatoms. The Morgan fingerprint density at radius 2 is 1.70 bits per heavy atom. The van der Waals surface area contributed by atoms with Crippen LogP contribution >= 0.6 is 0 Å². The molecule has 4 aliphatic rings. The van der Waals surface area contributed by atoms with Gasteiger partial charge in [-0.3, -0.25) is 14.4 Å². The number of benzene rings is 1. The summed E-state index contributed by atoms with van der Waals surface area (Å²) in [6.45, 7) is 7.43. The first-order valence-corrected chi connectivity index (χ1v) is 13.3. The van der Waals surface area contributed by atoms with E-state index in [1.165, 1.54) is 0 Å². The van der Waals surface area contributed by atoms with E-state index in [4.69, 9.17) is 4.74 Å². The summed E-state index contributed by atoms with van der Waals surface area (Å²) in [5, 5.41) is 9.34. The van der Waals surface area contributed by atoms with Gasteiger partial charge in [-0.2, -0.15) is 0 Å². The summed E-state index contributed by atoms with van der Waals surface area (Å²) < 4.78 is 6.82. The summed E-state index contributed by atoms with van der Waals surface area (Å²) in [7, 11) is 0. The van der Waals surface area contributed by atoms with Crippen LogP contribution in [0, 0.1) is 11.8 Å². The Labute approximate surface area is 218 Å². The molecule has 0 saturated carbocycles. The van der Waals surface area contributed by atoms with Crippen molar-refractivity contribution >= 4 is 17.7 Å². The monoisotopic (exact) mass is 507 g/mol. The number of carbonyl (C=O) groups excluding carboxylic acids is 3. The van der Waals surface area contributed by atoms with Crippen LogP contribution in [-0.2, 0) is 25.7 Å². The summed E-state index contributed by atoms with van der Waals surface area (Å²) in [6, 6.07) is 8.91. The summed E-state index contributed by atoms with van der Waals surface area (Å²) in [4.78, 5) is 47.5. The van der Waals surface area contributed by atoms with Gasteiger partial charge in [-0.15, -0.1) is 0 Å². The van der Waals surface area contributed by atoms with Crippen LogP contribution in [0.4, 0.5) is 0 Å². The molecule has 198 valence electrons. The average Bonchev–Trinajstić information content (AvgIpc) is 3.13. The van der Waals surface area contributed by atoms with Crippen molar-refractivity contribution in [1.82, 2.24) is 14.7 Å². The van der Waals surface area contributed by atoms with E-state index in [0.29, 0.717) is 39.0 Å². The Morgan fingerprint density at radius 3 is 2.41 bits per heavy atom. The van der Waals surface area contributed by atoms with Gasteiger partial charge in [-0.1, -0.05) is 54.6 Å². The third-order valence-corrected chi connectivity index (χ3v) is 8.32. The van der Waals surface area contributed by atoms with E-state index in [1.54, 1.807) is 14.7 Å². The zero-order valence-corrected chi connectivity index (χ0v) is 21.9. The van der Waals surface area contributed by atoms with Gasteiger partial charge in [0.2, 0.25) is 17.7 Å². The normalized spacial score (nSPS) is 33.1. The minimum Gasteiger partial charge on any atom is -0.396 e. The predicted octanol–water partition coefficient (Wildman–Crippen LogP) is 2.14. The van der Waals surface area contributed by atoms with Crippen molar-refractivity contribution < 1.29 is 24.2 Å². The summed E-state index contributed by atoms with van der Waals surface area (Å²) >= 11 is 0. The molecule has 1 aromatic carbocycles. The highest BCUT2D eigenvalue weighted by Gasteiger charge is 2.74. The standard InChI is InChI=1S/C29H37N3O5/c1-20(2)31-17-10-14-29-23(26(35)32(16-7-8-18-33)24(29)27(31)36)22-25(34)30(15-9-13-28(22,3)37-29)19-21-11-5-4-6-12-21/h4-6,9-14,20,22-24,33H,7-8,15-19H2,1-3H3/t22-,23+,24?,28+,29+/m1/s1. The third kappa shape index (κ3) is 4.10. The van der Waals surface area contributed by atoms with Gasteiger partial charge in [0.25, 0.3) is 0 Å². The SMILES string of the molecule is CC(C)N1CC=C[C@]23O[C@@]4(C)C=CCN(Cc5ccccc5)C(=O)[C@H]4[C@H]2C(=O)N(CCCCO)C3C1=O. The lowest BCUT2D eigenvalue weighted by atomic mass is 9.74. The molecule has 1 spiro atoms. The lowest BCUT2D eigenvalue weighted by Gasteiger charge is -2.38. The fourth-order valence-electron chi connectivity index (χ4n) is 6.63. The van der Waals surface area contributed by atoms with Crippen LogP contribution in [0.3, 0.4) is 0 Å². The van der Waals surface area contributed by atoms with Crippen LogP contribution in [0.5, 0.6) is 0 Å². The van der Waals surface area contributed by atoms with Crippen LogP contribution in [0.2, 0.25) is 0 Å². The number of nitrogens with zero attached hydrogens (tertiary/aromatic N) is 3. The predicted molar refractivity (Wildman–Crippen MR) is 138 cm³/mol. The molecule has 4 heterocycles. The van der Waals surface area contributed by atoms with E-state index < -0.39 is 29.1 Å². The molecule has 0 radical (unpaired) electrons. The second kappa shape index (κ2) is 9.72. The second-order valence-corrected chi connectivity index (χ2v) is 11.1. The minimum absolute atomic E-state index is 0.0160. The van der Waals surface area contributed by atoms with E-state index in [1.807, 2.05) is 75.4 Å². The maximum absolute atomic E-state index is 14.2. The van der Waals surface area contributed by atoms with Crippen LogP contribution in [-0.4, -0.2) is 87.1 Å². The highest BCUT2D eigenvalue weighted by molar-refractivity contribution is 6.00. The van der Waals surface area contributed by atoms with Crippen molar-refractivity contribution in [1.29, 1.82) is 0 Å². The second-order valence-electron chi connectivity index (χ2n) is 11.1. The van der Waals surface area contributed by atoms with E-state index in [-0.39, 0.29) is 30.4 Å². The zero-order valence-electron chi connectivity index (χ0n) is 21.9. The van der Waals surface area contributed by atoms with Crippen molar-refractivity contribution in [3.8, 4) is 0 Å². The smallest absolute Gasteiger partial charge is 0.249 e. The molecule has 8 nitrogen and oxygen atoms in total. The van der Waals surface area contributed by atoms with Gasteiger partial charge in [0.1, 0.15) is 11.6 Å². The summed E-state index contributed by atoms with van der Waals surface area (Å²) in [6.07, 6.45) is 8.75. The fourth-order valence-corrected chi connectivity index (χ4v) is 6.63. The first-order valence-electron chi connectivity index (χ1n) is 13.3. The summed E-state index contributed by atoms with van der Waals surface area (Å²) in [5.74, 6) is -2.07. The lowest BCUT2D eigenvalue weighted by molar-refractivity contribution is -0.153. The highest BCUT2D eigenvalue weighted by Crippen LogP contribution is 2.57. The zero-order chi connectivity index (χ0) is 26.4. The number of ether oxygens (including phenoxy) is 1. The minimum atomic E-state index is -1.23. The van der Waals surface area contributed by atoms with Crippen LogP contribution in [0.25, 0.3) is 0 Å². The van der Waals surface area contributed by atoms with E-state index in [2.05, 4.69) is 0 Å².